The van der Waals surface area contributed by atoms with Gasteiger partial charge in [-0.3, -0.25) is 0 Å². The van der Waals surface area contributed by atoms with Crippen LogP contribution in [0.1, 0.15) is 11.1 Å². The Hall–Kier alpha value is -2.80. The van der Waals surface area contributed by atoms with E-state index < -0.39 is 0 Å². The number of rotatable bonds is 0. The molecule has 0 spiro atoms. The van der Waals surface area contributed by atoms with Crippen LogP contribution >= 0.6 is 0 Å². The van der Waals surface area contributed by atoms with E-state index in [-0.39, 0.29) is 0 Å². The van der Waals surface area contributed by atoms with E-state index in [1.807, 2.05) is 0 Å². The summed E-state index contributed by atoms with van der Waals surface area (Å²) in [5.41, 5.74) is 4.53. The van der Waals surface area contributed by atoms with Gasteiger partial charge in [0.05, 0.1) is 0 Å². The van der Waals surface area contributed by atoms with Crippen LogP contribution in [-0.2, 0) is 0 Å². The van der Waals surface area contributed by atoms with Crippen molar-refractivity contribution in [2.45, 2.75) is 13.8 Å². The van der Waals surface area contributed by atoms with Gasteiger partial charge in [0, 0.05) is 10.8 Å². The summed E-state index contributed by atoms with van der Waals surface area (Å²) in [7, 11) is 0. The van der Waals surface area contributed by atoms with Gasteiger partial charge in [-0.1, -0.05) is 48.5 Å². The molecule has 0 aliphatic heterocycles. The van der Waals surface area contributed by atoms with Crippen molar-refractivity contribution in [3.63, 3.8) is 0 Å². The number of hydrogen-bond donors (Lipinski definition) is 0. The Morgan fingerprint density at radius 3 is 1.48 bits per heavy atom. The van der Waals surface area contributed by atoms with Crippen molar-refractivity contribution in [3.8, 4) is 0 Å². The maximum Gasteiger partial charge on any atom is 0.136 e. The summed E-state index contributed by atoms with van der Waals surface area (Å²) in [6.07, 6.45) is 0. The van der Waals surface area contributed by atoms with Crippen LogP contribution in [0.25, 0.3) is 43.5 Å². The second-order valence-electron chi connectivity index (χ2n) is 6.33. The molecule has 1 aromatic heterocycles. The Morgan fingerprint density at radius 2 is 1.00 bits per heavy atom. The molecule has 0 aliphatic carbocycles. The summed E-state index contributed by atoms with van der Waals surface area (Å²) in [5.74, 6) is 0. The molecule has 0 radical (unpaired) electrons. The van der Waals surface area contributed by atoms with E-state index in [1.54, 1.807) is 0 Å². The lowest BCUT2D eigenvalue weighted by Crippen LogP contribution is -1.82. The van der Waals surface area contributed by atoms with Crippen molar-refractivity contribution in [3.05, 3.63) is 71.8 Å². The highest BCUT2D eigenvalue weighted by Crippen LogP contribution is 2.40. The van der Waals surface area contributed by atoms with E-state index in [2.05, 4.69) is 74.5 Å². The molecule has 0 aliphatic rings. The van der Waals surface area contributed by atoms with Crippen LogP contribution in [0.5, 0.6) is 0 Å². The van der Waals surface area contributed by atoms with Gasteiger partial charge in [0.1, 0.15) is 11.2 Å². The van der Waals surface area contributed by atoms with Crippen molar-refractivity contribution in [2.75, 3.05) is 0 Å². The standard InChI is InChI=1S/C22H16O/c1-13-5-3-7-15-9-11-17-21(19(13)15)22-18(23-17)12-10-16-8-4-6-14(2)20(16)22/h3-12H,1-2H3. The molecule has 5 aromatic rings. The summed E-state index contributed by atoms with van der Waals surface area (Å²) in [6, 6.07) is 21.5. The van der Waals surface area contributed by atoms with Gasteiger partial charge in [0.15, 0.2) is 0 Å². The van der Waals surface area contributed by atoms with Gasteiger partial charge in [-0.2, -0.15) is 0 Å². The molecule has 0 N–H and O–H groups in total. The van der Waals surface area contributed by atoms with Crippen LogP contribution in [0.2, 0.25) is 0 Å². The summed E-state index contributed by atoms with van der Waals surface area (Å²) in [5, 5.41) is 7.64. The first-order chi connectivity index (χ1) is 11.2. The van der Waals surface area contributed by atoms with Crippen LogP contribution in [0.15, 0.2) is 65.1 Å². The monoisotopic (exact) mass is 296 g/mol. The molecule has 0 amide bonds. The minimum Gasteiger partial charge on any atom is -0.456 e. The molecule has 1 nitrogen and oxygen atoms in total. The molecule has 0 bridgehead atoms. The van der Waals surface area contributed by atoms with Crippen LogP contribution in [0.3, 0.4) is 0 Å². The van der Waals surface area contributed by atoms with Gasteiger partial charge >= 0.3 is 0 Å². The Bertz CT molecular complexity index is 1130. The average molecular weight is 296 g/mol. The number of hydrogen-bond acceptors (Lipinski definition) is 1. The van der Waals surface area contributed by atoms with Gasteiger partial charge < -0.3 is 4.42 Å². The molecular formula is C22H16O. The minimum atomic E-state index is 0.970. The van der Waals surface area contributed by atoms with Crippen LogP contribution in [0.4, 0.5) is 0 Å². The lowest BCUT2D eigenvalue weighted by atomic mass is 9.95. The molecular weight excluding hydrogens is 280 g/mol. The average Bonchev–Trinajstić information content (AvgIpc) is 2.94. The molecule has 0 fully saturated rings. The molecule has 0 atom stereocenters. The van der Waals surface area contributed by atoms with Crippen molar-refractivity contribution in [2.24, 2.45) is 0 Å². The quantitative estimate of drug-likeness (QED) is 0.317. The van der Waals surface area contributed by atoms with E-state index >= 15 is 0 Å². The first-order valence-electron chi connectivity index (χ1n) is 7.97. The van der Waals surface area contributed by atoms with Crippen LogP contribution < -0.4 is 0 Å². The fourth-order valence-corrected chi connectivity index (χ4v) is 3.87. The van der Waals surface area contributed by atoms with Crippen LogP contribution in [-0.4, -0.2) is 0 Å². The van der Waals surface area contributed by atoms with Gasteiger partial charge in [-0.25, -0.2) is 0 Å². The SMILES string of the molecule is Cc1cccc2ccc3oc4ccc5cccc(C)c5c4c3c12. The third kappa shape index (κ3) is 1.62. The van der Waals surface area contributed by atoms with E-state index in [4.69, 9.17) is 4.42 Å². The predicted molar refractivity (Wildman–Crippen MR) is 98.2 cm³/mol. The Kier molecular flexibility index (Phi) is 2.41. The first-order valence-corrected chi connectivity index (χ1v) is 7.97. The highest BCUT2D eigenvalue weighted by atomic mass is 16.3. The van der Waals surface area contributed by atoms with E-state index in [9.17, 15) is 0 Å². The third-order valence-electron chi connectivity index (χ3n) is 4.90. The molecule has 5 rings (SSSR count). The highest BCUT2D eigenvalue weighted by molar-refractivity contribution is 6.27. The maximum atomic E-state index is 6.18. The van der Waals surface area contributed by atoms with Crippen molar-refractivity contribution >= 4 is 43.5 Å². The molecule has 23 heavy (non-hydrogen) atoms. The zero-order valence-corrected chi connectivity index (χ0v) is 13.2. The van der Waals surface area contributed by atoms with Crippen molar-refractivity contribution in [1.82, 2.24) is 0 Å². The molecule has 1 heteroatoms. The fourth-order valence-electron chi connectivity index (χ4n) is 3.87. The van der Waals surface area contributed by atoms with Gasteiger partial charge in [0.2, 0.25) is 0 Å². The second kappa shape index (κ2) is 4.36. The van der Waals surface area contributed by atoms with E-state index in [0.29, 0.717) is 0 Å². The minimum absolute atomic E-state index is 0.970. The Morgan fingerprint density at radius 1 is 0.522 bits per heavy atom. The predicted octanol–water partition coefficient (Wildman–Crippen LogP) is 6.51. The van der Waals surface area contributed by atoms with Crippen molar-refractivity contribution in [1.29, 1.82) is 0 Å². The summed E-state index contributed by atoms with van der Waals surface area (Å²) < 4.78 is 6.18. The maximum absolute atomic E-state index is 6.18. The topological polar surface area (TPSA) is 13.1 Å². The van der Waals surface area contributed by atoms with Gasteiger partial charge in [-0.15, -0.1) is 0 Å². The number of benzene rings is 4. The molecule has 110 valence electrons. The largest absolute Gasteiger partial charge is 0.456 e. The molecule has 1 heterocycles. The summed E-state index contributed by atoms with van der Waals surface area (Å²) in [4.78, 5) is 0. The lowest BCUT2D eigenvalue weighted by Gasteiger charge is -2.06. The molecule has 0 saturated carbocycles. The third-order valence-corrected chi connectivity index (χ3v) is 4.90. The number of furan rings is 1. The van der Waals surface area contributed by atoms with Gasteiger partial charge in [-0.05, 0) is 58.7 Å². The van der Waals surface area contributed by atoms with Crippen molar-refractivity contribution < 1.29 is 4.42 Å². The molecule has 0 saturated heterocycles. The Balaban J connectivity index is 2.20. The van der Waals surface area contributed by atoms with E-state index in [1.165, 1.54) is 43.4 Å². The zero-order chi connectivity index (χ0) is 15.6. The Labute approximate surface area is 134 Å². The fraction of sp³-hybridized carbons (Fsp3) is 0.0909. The van der Waals surface area contributed by atoms with Crippen LogP contribution in [0, 0.1) is 13.8 Å². The van der Waals surface area contributed by atoms with E-state index in [0.717, 1.165) is 11.2 Å². The normalized spacial score (nSPS) is 11.9. The highest BCUT2D eigenvalue weighted by Gasteiger charge is 2.15. The second-order valence-corrected chi connectivity index (χ2v) is 6.33. The molecule has 0 unspecified atom stereocenters. The molecule has 4 aromatic carbocycles. The zero-order valence-electron chi connectivity index (χ0n) is 13.2. The number of fused-ring (bicyclic) bond motifs is 7. The summed E-state index contributed by atoms with van der Waals surface area (Å²) >= 11 is 0. The summed E-state index contributed by atoms with van der Waals surface area (Å²) in [6.45, 7) is 4.36. The number of aryl methyl sites for hydroxylation is 2. The van der Waals surface area contributed by atoms with Gasteiger partial charge in [0.25, 0.3) is 0 Å². The lowest BCUT2D eigenvalue weighted by molar-refractivity contribution is 0.669. The first kappa shape index (κ1) is 12.7. The smallest absolute Gasteiger partial charge is 0.136 e.